The fourth-order valence-electron chi connectivity index (χ4n) is 2.77. The van der Waals surface area contributed by atoms with Crippen LogP contribution in [0.1, 0.15) is 24.5 Å². The quantitative estimate of drug-likeness (QED) is 0.771. The van der Waals surface area contributed by atoms with Crippen molar-refractivity contribution >= 4 is 23.1 Å². The lowest BCUT2D eigenvalue weighted by Crippen LogP contribution is -2.31. The highest BCUT2D eigenvalue weighted by Gasteiger charge is 2.41. The first-order valence-corrected chi connectivity index (χ1v) is 8.46. The molecule has 146 valence electrons. The van der Waals surface area contributed by atoms with Gasteiger partial charge in [0.2, 0.25) is 0 Å². The fourth-order valence-corrected chi connectivity index (χ4v) is 2.77. The van der Waals surface area contributed by atoms with Crippen LogP contribution in [0.25, 0.3) is 5.57 Å². The molecule has 0 saturated carbocycles. The minimum atomic E-state index is -4.63. The molecule has 1 N–H and O–H groups in total. The van der Waals surface area contributed by atoms with Crippen LogP contribution >= 0.6 is 0 Å². The highest BCUT2D eigenvalue weighted by Crippen LogP contribution is 2.36. The summed E-state index contributed by atoms with van der Waals surface area (Å²) in [5, 5.41) is 10.2. The van der Waals surface area contributed by atoms with Crippen LogP contribution in [-0.4, -0.2) is 23.5 Å². The number of rotatable bonds is 5. The monoisotopic (exact) mass is 391 g/mol. The number of aliphatic hydroxyl groups excluding tert-OH is 1. The molecule has 1 heterocycles. The Balaban J connectivity index is 1.92. The van der Waals surface area contributed by atoms with Gasteiger partial charge < -0.3 is 9.84 Å². The van der Waals surface area contributed by atoms with Crippen LogP contribution in [0, 0.1) is 0 Å². The van der Waals surface area contributed by atoms with Crippen molar-refractivity contribution in [3.05, 3.63) is 65.4 Å². The van der Waals surface area contributed by atoms with Crippen molar-refractivity contribution in [2.75, 3.05) is 11.5 Å². The largest absolute Gasteiger partial charge is 0.502 e. The van der Waals surface area contributed by atoms with E-state index in [0.717, 1.165) is 18.6 Å². The highest BCUT2D eigenvalue weighted by molar-refractivity contribution is 6.44. The van der Waals surface area contributed by atoms with Crippen molar-refractivity contribution in [1.82, 2.24) is 0 Å². The number of alkyl halides is 3. The summed E-state index contributed by atoms with van der Waals surface area (Å²) in [6.45, 7) is 2.45. The number of benzene rings is 2. The van der Waals surface area contributed by atoms with Crippen LogP contribution < -0.4 is 9.64 Å². The maximum atomic E-state index is 12.9. The molecule has 0 saturated heterocycles. The molecule has 0 bridgehead atoms. The molecular weight excluding hydrogens is 375 g/mol. The van der Waals surface area contributed by atoms with Crippen molar-refractivity contribution in [1.29, 1.82) is 0 Å². The van der Waals surface area contributed by atoms with Gasteiger partial charge in [-0.05, 0) is 42.3 Å². The Hall–Kier alpha value is -3.29. The number of carbonyl (C=O) groups is 2. The second kappa shape index (κ2) is 7.38. The predicted molar refractivity (Wildman–Crippen MR) is 95.7 cm³/mol. The van der Waals surface area contributed by atoms with Gasteiger partial charge in [-0.2, -0.15) is 13.2 Å². The number of hydrogen-bond acceptors (Lipinski definition) is 4. The molecule has 0 radical (unpaired) electrons. The number of carbonyl (C=O) groups excluding carboxylic acids is 2. The first-order chi connectivity index (χ1) is 13.2. The molecule has 0 unspecified atom stereocenters. The lowest BCUT2D eigenvalue weighted by atomic mass is 10.1. The van der Waals surface area contributed by atoms with E-state index in [2.05, 4.69) is 0 Å². The highest BCUT2D eigenvalue weighted by atomic mass is 19.4. The predicted octanol–water partition coefficient (Wildman–Crippen LogP) is 4.34. The number of halogens is 3. The molecule has 2 amide bonds. The molecule has 0 atom stereocenters. The standard InChI is InChI=1S/C20H16F3NO4/c1-2-10-28-15-8-6-12(7-9-15)16-17(25)19(27)24(18(16)26)14-5-3-4-13(11-14)20(21,22)23/h3-9,11,25H,2,10H2,1H3. The summed E-state index contributed by atoms with van der Waals surface area (Å²) in [6, 6.07) is 9.96. The van der Waals surface area contributed by atoms with Gasteiger partial charge in [0.05, 0.1) is 23.4 Å². The van der Waals surface area contributed by atoms with Gasteiger partial charge in [-0.15, -0.1) is 0 Å². The molecule has 5 nitrogen and oxygen atoms in total. The summed E-state index contributed by atoms with van der Waals surface area (Å²) >= 11 is 0. The van der Waals surface area contributed by atoms with Gasteiger partial charge in [-0.3, -0.25) is 9.59 Å². The summed E-state index contributed by atoms with van der Waals surface area (Å²) in [4.78, 5) is 25.6. The topological polar surface area (TPSA) is 66.8 Å². The molecule has 8 heteroatoms. The molecule has 3 rings (SSSR count). The third-order valence-corrected chi connectivity index (χ3v) is 4.11. The Morgan fingerprint density at radius 3 is 2.32 bits per heavy atom. The number of imide groups is 1. The lowest BCUT2D eigenvalue weighted by Gasteiger charge is -2.16. The number of amides is 2. The van der Waals surface area contributed by atoms with Crippen LogP contribution in [0.2, 0.25) is 0 Å². The number of aliphatic hydroxyl groups is 1. The van der Waals surface area contributed by atoms with E-state index in [-0.39, 0.29) is 16.8 Å². The maximum Gasteiger partial charge on any atom is 0.416 e. The zero-order chi connectivity index (χ0) is 20.5. The van der Waals surface area contributed by atoms with Gasteiger partial charge in [0.1, 0.15) is 5.75 Å². The van der Waals surface area contributed by atoms with Crippen molar-refractivity contribution in [2.24, 2.45) is 0 Å². The van der Waals surface area contributed by atoms with Gasteiger partial charge in [-0.25, -0.2) is 4.90 Å². The zero-order valence-electron chi connectivity index (χ0n) is 14.8. The molecule has 0 spiro atoms. The summed E-state index contributed by atoms with van der Waals surface area (Å²) in [5.74, 6) is -2.24. The van der Waals surface area contributed by atoms with Crippen molar-refractivity contribution in [2.45, 2.75) is 19.5 Å². The third kappa shape index (κ3) is 3.58. The Kier molecular flexibility index (Phi) is 5.13. The molecule has 2 aromatic rings. The summed E-state index contributed by atoms with van der Waals surface area (Å²) in [6.07, 6.45) is -3.82. The van der Waals surface area contributed by atoms with Crippen LogP contribution in [-0.2, 0) is 15.8 Å². The van der Waals surface area contributed by atoms with Gasteiger partial charge in [0.15, 0.2) is 5.76 Å². The molecule has 2 aromatic carbocycles. The van der Waals surface area contributed by atoms with Gasteiger partial charge in [0, 0.05) is 0 Å². The van der Waals surface area contributed by atoms with Crippen molar-refractivity contribution < 1.29 is 32.6 Å². The van der Waals surface area contributed by atoms with Crippen molar-refractivity contribution in [3.8, 4) is 5.75 Å². The van der Waals surface area contributed by atoms with E-state index in [9.17, 15) is 27.9 Å². The normalized spacial score (nSPS) is 14.8. The summed E-state index contributed by atoms with van der Waals surface area (Å²) in [5.41, 5.74) is -1.29. The Bertz CT molecular complexity index is 949. The number of hydrogen-bond donors (Lipinski definition) is 1. The Morgan fingerprint density at radius 2 is 1.71 bits per heavy atom. The van der Waals surface area contributed by atoms with Gasteiger partial charge in [0.25, 0.3) is 5.91 Å². The third-order valence-electron chi connectivity index (χ3n) is 4.11. The van der Waals surface area contributed by atoms with E-state index < -0.39 is 29.3 Å². The minimum Gasteiger partial charge on any atom is -0.502 e. The van der Waals surface area contributed by atoms with Crippen molar-refractivity contribution in [3.63, 3.8) is 0 Å². The molecule has 1 aliphatic rings. The summed E-state index contributed by atoms with van der Waals surface area (Å²) < 4.78 is 44.2. The van der Waals surface area contributed by atoms with Crippen LogP contribution in [0.4, 0.5) is 18.9 Å². The number of nitrogens with zero attached hydrogens (tertiary/aromatic N) is 1. The number of anilines is 1. The van der Waals surface area contributed by atoms with Crippen LogP contribution in [0.5, 0.6) is 5.75 Å². The Morgan fingerprint density at radius 1 is 1.04 bits per heavy atom. The molecule has 0 aliphatic carbocycles. The summed E-state index contributed by atoms with van der Waals surface area (Å²) in [7, 11) is 0. The smallest absolute Gasteiger partial charge is 0.416 e. The van der Waals surface area contributed by atoms with Crippen LogP contribution in [0.15, 0.2) is 54.3 Å². The van der Waals surface area contributed by atoms with E-state index in [1.54, 1.807) is 12.1 Å². The molecule has 1 aliphatic heterocycles. The van der Waals surface area contributed by atoms with E-state index >= 15 is 0 Å². The second-order valence-corrected chi connectivity index (χ2v) is 6.09. The molecular formula is C20H16F3NO4. The fraction of sp³-hybridized carbons (Fsp3) is 0.200. The lowest BCUT2D eigenvalue weighted by molar-refractivity contribution is -0.137. The van der Waals surface area contributed by atoms with Crippen LogP contribution in [0.3, 0.4) is 0 Å². The minimum absolute atomic E-state index is 0.258. The number of ether oxygens (including phenoxy) is 1. The van der Waals surface area contributed by atoms with Gasteiger partial charge >= 0.3 is 12.1 Å². The van der Waals surface area contributed by atoms with E-state index in [0.29, 0.717) is 23.3 Å². The Labute approximate surface area is 158 Å². The van der Waals surface area contributed by atoms with E-state index in [4.69, 9.17) is 4.74 Å². The molecule has 0 aromatic heterocycles. The van der Waals surface area contributed by atoms with E-state index in [1.807, 2.05) is 6.92 Å². The molecule has 28 heavy (non-hydrogen) atoms. The van der Waals surface area contributed by atoms with E-state index in [1.165, 1.54) is 18.2 Å². The molecule has 0 fully saturated rings. The SMILES string of the molecule is CCCOc1ccc(C2=C(O)C(=O)N(c3cccc(C(F)(F)F)c3)C2=O)cc1. The first-order valence-electron chi connectivity index (χ1n) is 8.46. The maximum absolute atomic E-state index is 12.9. The second-order valence-electron chi connectivity index (χ2n) is 6.09. The van der Waals surface area contributed by atoms with Gasteiger partial charge in [-0.1, -0.05) is 25.1 Å². The average Bonchev–Trinajstić information content (AvgIpc) is 2.89. The first kappa shape index (κ1) is 19.5. The average molecular weight is 391 g/mol. The zero-order valence-corrected chi connectivity index (χ0v) is 14.8.